The quantitative estimate of drug-likeness (QED) is 0.181. The largest absolute Gasteiger partial charge is 2.00 e. The molecule has 1 aromatic rings. The van der Waals surface area contributed by atoms with Gasteiger partial charge in [0.25, 0.3) is 0 Å². The molecule has 10 radical (unpaired) electrons. The molecule has 0 spiro atoms. The summed E-state index contributed by atoms with van der Waals surface area (Å²) in [6.07, 6.45) is 15.5. The number of carbonyl (C=O) groups is 3. The van der Waals surface area contributed by atoms with E-state index >= 15 is 0 Å². The van der Waals surface area contributed by atoms with Crippen molar-refractivity contribution in [1.82, 2.24) is 0 Å². The van der Waals surface area contributed by atoms with E-state index in [1.807, 2.05) is 32.6 Å². The summed E-state index contributed by atoms with van der Waals surface area (Å²) < 4.78 is 5.29. The Morgan fingerprint density at radius 3 is 2.18 bits per heavy atom. The maximum absolute atomic E-state index is 13.3. The number of phenols is 2. The molecule has 1 aromatic carbocycles. The normalized spacial score (nSPS) is 18.0. The zero-order valence-electron chi connectivity index (χ0n) is 22.2. The van der Waals surface area contributed by atoms with Crippen LogP contribution in [0.2, 0.25) is 25.7 Å². The fourth-order valence-electron chi connectivity index (χ4n) is 4.13. The molecular formula is C29H35FeNO6Si+2. The molecule has 3 N–H and O–H groups in total. The van der Waals surface area contributed by atoms with Crippen molar-refractivity contribution >= 4 is 31.4 Å². The fourth-order valence-corrected chi connectivity index (χ4v) is 4.84. The molecule has 0 saturated heterocycles. The van der Waals surface area contributed by atoms with E-state index in [0.717, 1.165) is 12.0 Å². The van der Waals surface area contributed by atoms with Crippen molar-refractivity contribution in [2.75, 3.05) is 11.9 Å². The number of hydrogen-bond acceptors (Lipinski definition) is 6. The number of ketones is 1. The van der Waals surface area contributed by atoms with Crippen LogP contribution in [0, 0.1) is 68.6 Å². The van der Waals surface area contributed by atoms with Gasteiger partial charge in [-0.05, 0) is 88.3 Å². The monoisotopic (exact) mass is 577 g/mol. The van der Waals surface area contributed by atoms with Gasteiger partial charge in [0.1, 0.15) is 22.8 Å². The molecule has 0 bridgehead atoms. The average molecular weight is 578 g/mol. The van der Waals surface area contributed by atoms with E-state index in [1.54, 1.807) is 25.7 Å². The van der Waals surface area contributed by atoms with Crippen LogP contribution in [0.1, 0.15) is 36.5 Å². The first-order valence-electron chi connectivity index (χ1n) is 12.4. The summed E-state index contributed by atoms with van der Waals surface area (Å²) in [5.74, 6) is -0.632. The number of Topliss-reactive ketones (excluding diaryl/α,β-unsaturated/α-hetero) is 1. The maximum atomic E-state index is 13.3. The maximum Gasteiger partial charge on any atom is 2.00 e. The molecule has 202 valence electrons. The van der Waals surface area contributed by atoms with Crippen LogP contribution < -0.4 is 5.32 Å². The Hall–Kier alpha value is -1.83. The molecule has 0 aromatic heterocycles. The Morgan fingerprint density at radius 2 is 1.58 bits per heavy atom. The second-order valence-electron chi connectivity index (χ2n) is 10.9. The van der Waals surface area contributed by atoms with Gasteiger partial charge in [0, 0.05) is 25.8 Å². The van der Waals surface area contributed by atoms with Gasteiger partial charge in [-0.2, -0.15) is 0 Å². The Balaban J connectivity index is 0.00000507. The zero-order chi connectivity index (χ0) is 27.2. The van der Waals surface area contributed by atoms with Gasteiger partial charge in [-0.25, -0.2) is 4.79 Å². The summed E-state index contributed by atoms with van der Waals surface area (Å²) >= 11 is 0. The smallest absolute Gasteiger partial charge is 0.506 e. The first kappa shape index (κ1) is 32.4. The third-order valence-electron chi connectivity index (χ3n) is 6.43. The molecule has 1 atom stereocenters. The average Bonchev–Trinajstić information content (AvgIpc) is 3.53. The summed E-state index contributed by atoms with van der Waals surface area (Å²) in [5.41, 5.74) is -1.24. The van der Waals surface area contributed by atoms with Gasteiger partial charge < -0.3 is 20.3 Å². The van der Waals surface area contributed by atoms with Crippen molar-refractivity contribution in [2.24, 2.45) is 5.41 Å². The Labute approximate surface area is 239 Å². The first-order chi connectivity index (χ1) is 17.4. The molecule has 1 unspecified atom stereocenters. The molecule has 9 heteroatoms. The number of ether oxygens (including phenoxy) is 1. The summed E-state index contributed by atoms with van der Waals surface area (Å²) in [7, 11) is -1.41. The van der Waals surface area contributed by atoms with Gasteiger partial charge in [0.05, 0.1) is 6.61 Å². The second-order valence-corrected chi connectivity index (χ2v) is 16.5. The Kier molecular flexibility index (Phi) is 11.9. The summed E-state index contributed by atoms with van der Waals surface area (Å²) in [6.45, 7) is 8.55. The van der Waals surface area contributed by atoms with E-state index in [-0.39, 0.29) is 59.3 Å². The molecule has 1 amide bonds. The minimum Gasteiger partial charge on any atom is -0.506 e. The fraction of sp³-hybridized carbons (Fsp3) is 0.345. The third-order valence-corrected chi connectivity index (χ3v) is 8.13. The van der Waals surface area contributed by atoms with Gasteiger partial charge in [0.15, 0.2) is 5.75 Å². The minimum absolute atomic E-state index is 0. The van der Waals surface area contributed by atoms with E-state index in [9.17, 15) is 24.6 Å². The molecule has 2 aliphatic carbocycles. The molecule has 3 rings (SSSR count). The number of amides is 1. The molecule has 2 aliphatic rings. The molecular weight excluding hydrogens is 542 g/mol. The van der Waals surface area contributed by atoms with Gasteiger partial charge >= 0.3 is 23.0 Å². The first-order valence-corrected chi connectivity index (χ1v) is 16.1. The number of carbonyl (C=O) groups excluding carboxylic acids is 3. The van der Waals surface area contributed by atoms with E-state index in [4.69, 9.17) is 4.74 Å². The van der Waals surface area contributed by atoms with Crippen LogP contribution in [0.25, 0.3) is 0 Å². The van der Waals surface area contributed by atoms with Gasteiger partial charge in [-0.1, -0.05) is 26.6 Å². The number of rotatable bonds is 12. The topological polar surface area (TPSA) is 113 Å². The third kappa shape index (κ3) is 8.85. The number of phenolic OH excluding ortho intramolecular Hbond substituents is 2. The molecule has 2 saturated carbocycles. The van der Waals surface area contributed by atoms with E-state index in [0.29, 0.717) is 12.3 Å². The number of hydrogen-bond donors (Lipinski definition) is 3. The van der Waals surface area contributed by atoms with E-state index in [2.05, 4.69) is 25.0 Å². The predicted octanol–water partition coefficient (Wildman–Crippen LogP) is 5.09. The van der Waals surface area contributed by atoms with Crippen molar-refractivity contribution in [1.29, 1.82) is 0 Å². The molecule has 38 heavy (non-hydrogen) atoms. The Bertz CT molecular complexity index is 982. The number of esters is 1. The van der Waals surface area contributed by atoms with Crippen molar-refractivity contribution in [3.8, 4) is 11.5 Å². The van der Waals surface area contributed by atoms with Crippen molar-refractivity contribution in [2.45, 2.75) is 51.9 Å². The standard InChI is InChI=1S/C29H35NO6Si.Fe/c1-29(19-20-9-5-6-10-20,27(34)21-11-7-8-12-21)16-15-24(32)30-25-23(31)14-13-22(26(25)33)28(35)36-17-18-37(2,3)4;/h5-14,31,33H,15-19H2,1-4H3,(H,30,32);/q;+2. The minimum atomic E-state index is -1.41. The second kappa shape index (κ2) is 14.0. The van der Waals surface area contributed by atoms with Crippen LogP contribution >= 0.6 is 0 Å². The Morgan fingerprint density at radius 1 is 0.974 bits per heavy atom. The van der Waals surface area contributed by atoms with E-state index in [1.165, 1.54) is 12.1 Å². The van der Waals surface area contributed by atoms with Crippen LogP contribution in [-0.4, -0.2) is 42.6 Å². The molecule has 0 aliphatic heterocycles. The van der Waals surface area contributed by atoms with E-state index < -0.39 is 31.1 Å². The van der Waals surface area contributed by atoms with Crippen LogP contribution in [0.4, 0.5) is 5.69 Å². The predicted molar refractivity (Wildman–Crippen MR) is 145 cm³/mol. The number of anilines is 1. The number of aromatic hydroxyl groups is 2. The molecule has 7 nitrogen and oxygen atoms in total. The van der Waals surface area contributed by atoms with Gasteiger partial charge in [-0.3, -0.25) is 9.59 Å². The SMILES string of the molecule is CC(CCC(=O)Nc1c(O)ccc(C(=O)OCC[Si](C)(C)C)c1O)(C[C]1[CH][CH][CH][CH]1)C(=O)[C]1[CH][CH][CH][CH]1.[Fe+2]. The zero-order valence-corrected chi connectivity index (χ0v) is 24.3. The molecule has 0 heterocycles. The van der Waals surface area contributed by atoms with Crippen molar-refractivity contribution in [3.05, 3.63) is 80.9 Å². The van der Waals surface area contributed by atoms with Crippen molar-refractivity contribution in [3.63, 3.8) is 0 Å². The number of benzene rings is 1. The van der Waals surface area contributed by atoms with Crippen molar-refractivity contribution < 1.29 is 46.4 Å². The van der Waals surface area contributed by atoms with Crippen LogP contribution in [0.5, 0.6) is 11.5 Å². The van der Waals surface area contributed by atoms with Gasteiger partial charge in [0.2, 0.25) is 5.91 Å². The summed E-state index contributed by atoms with van der Waals surface area (Å²) in [4.78, 5) is 38.7. The molecule has 2 fully saturated rings. The van der Waals surface area contributed by atoms with Gasteiger partial charge in [-0.15, -0.1) is 0 Å². The summed E-state index contributed by atoms with van der Waals surface area (Å²) in [6, 6.07) is 3.25. The van der Waals surface area contributed by atoms with Crippen LogP contribution in [0.15, 0.2) is 12.1 Å². The summed E-state index contributed by atoms with van der Waals surface area (Å²) in [5, 5.41) is 23.4. The van der Waals surface area contributed by atoms with Crippen LogP contribution in [-0.2, 0) is 31.4 Å². The van der Waals surface area contributed by atoms with Crippen LogP contribution in [0.3, 0.4) is 0 Å². The number of nitrogens with one attached hydrogen (secondary N) is 1.